The van der Waals surface area contributed by atoms with Gasteiger partial charge in [0, 0.05) is 17.3 Å². The number of amides is 2. The van der Waals surface area contributed by atoms with Crippen LogP contribution in [0.4, 0.5) is 14.9 Å². The van der Waals surface area contributed by atoms with E-state index < -0.39 is 11.8 Å². The highest BCUT2D eigenvalue weighted by Gasteiger charge is 2.05. The van der Waals surface area contributed by atoms with Crippen molar-refractivity contribution in [3.8, 4) is 6.07 Å². The van der Waals surface area contributed by atoms with Crippen LogP contribution in [0.5, 0.6) is 0 Å². The lowest BCUT2D eigenvalue weighted by atomic mass is 10.2. The van der Waals surface area contributed by atoms with Gasteiger partial charge in [-0.1, -0.05) is 17.7 Å². The summed E-state index contributed by atoms with van der Waals surface area (Å²) in [6.45, 7) is 0.182. The SMILES string of the molecule is N#Cc1ccc(NC(=O)NCc2ccc(F)cc2Cl)cc1. The normalized spacial score (nSPS) is 9.76. The van der Waals surface area contributed by atoms with E-state index in [4.69, 9.17) is 16.9 Å². The number of hydrogen-bond donors (Lipinski definition) is 2. The molecule has 0 radical (unpaired) electrons. The van der Waals surface area contributed by atoms with Gasteiger partial charge in [-0.15, -0.1) is 0 Å². The number of rotatable bonds is 3. The molecule has 0 saturated carbocycles. The van der Waals surface area contributed by atoms with E-state index in [-0.39, 0.29) is 11.6 Å². The lowest BCUT2D eigenvalue weighted by Crippen LogP contribution is -2.28. The molecule has 4 nitrogen and oxygen atoms in total. The van der Waals surface area contributed by atoms with E-state index in [9.17, 15) is 9.18 Å². The van der Waals surface area contributed by atoms with Crippen molar-refractivity contribution >= 4 is 23.3 Å². The second-order valence-electron chi connectivity index (χ2n) is 4.23. The Morgan fingerprint density at radius 3 is 2.57 bits per heavy atom. The zero-order valence-corrected chi connectivity index (χ0v) is 11.6. The minimum atomic E-state index is -0.425. The maximum atomic E-state index is 12.9. The Morgan fingerprint density at radius 2 is 1.95 bits per heavy atom. The second-order valence-corrected chi connectivity index (χ2v) is 4.64. The van der Waals surface area contributed by atoms with Gasteiger partial charge in [0.05, 0.1) is 11.6 Å². The summed E-state index contributed by atoms with van der Waals surface area (Å²) in [5.74, 6) is -0.425. The third kappa shape index (κ3) is 4.20. The fourth-order valence-electron chi connectivity index (χ4n) is 1.64. The molecule has 2 rings (SSSR count). The Kier molecular flexibility index (Phi) is 4.75. The molecule has 6 heteroatoms. The highest BCUT2D eigenvalue weighted by molar-refractivity contribution is 6.31. The molecule has 0 aliphatic carbocycles. The number of carbonyl (C=O) groups is 1. The molecule has 106 valence electrons. The van der Waals surface area contributed by atoms with Crippen LogP contribution in [0.2, 0.25) is 5.02 Å². The second kappa shape index (κ2) is 6.73. The molecule has 0 spiro atoms. The summed E-state index contributed by atoms with van der Waals surface area (Å²) in [4.78, 5) is 11.7. The predicted molar refractivity (Wildman–Crippen MR) is 78.4 cm³/mol. The monoisotopic (exact) mass is 303 g/mol. The van der Waals surface area contributed by atoms with E-state index >= 15 is 0 Å². The summed E-state index contributed by atoms with van der Waals surface area (Å²) in [5.41, 5.74) is 1.70. The van der Waals surface area contributed by atoms with Crippen LogP contribution in [-0.2, 0) is 6.54 Å². The molecule has 21 heavy (non-hydrogen) atoms. The number of urea groups is 1. The van der Waals surface area contributed by atoms with Crippen molar-refractivity contribution in [3.63, 3.8) is 0 Å². The molecule has 0 bridgehead atoms. The minimum Gasteiger partial charge on any atom is -0.334 e. The topological polar surface area (TPSA) is 64.9 Å². The van der Waals surface area contributed by atoms with Crippen LogP contribution in [0.1, 0.15) is 11.1 Å². The van der Waals surface area contributed by atoms with Gasteiger partial charge in [-0.25, -0.2) is 9.18 Å². The van der Waals surface area contributed by atoms with Crippen molar-refractivity contribution in [2.24, 2.45) is 0 Å². The Labute approximate surface area is 126 Å². The zero-order chi connectivity index (χ0) is 15.2. The van der Waals surface area contributed by atoms with Crippen LogP contribution >= 0.6 is 11.6 Å². The number of nitrogens with one attached hydrogen (secondary N) is 2. The van der Waals surface area contributed by atoms with Crippen LogP contribution in [0.15, 0.2) is 42.5 Å². The van der Waals surface area contributed by atoms with Gasteiger partial charge >= 0.3 is 6.03 Å². The molecule has 0 aromatic heterocycles. The highest BCUT2D eigenvalue weighted by Crippen LogP contribution is 2.17. The molecule has 0 fully saturated rings. The number of nitriles is 1. The van der Waals surface area contributed by atoms with E-state index in [1.807, 2.05) is 6.07 Å². The van der Waals surface area contributed by atoms with Crippen molar-refractivity contribution in [2.45, 2.75) is 6.54 Å². The molecule has 2 amide bonds. The van der Waals surface area contributed by atoms with E-state index in [0.29, 0.717) is 16.8 Å². The van der Waals surface area contributed by atoms with Gasteiger partial charge in [-0.3, -0.25) is 0 Å². The third-order valence-electron chi connectivity index (χ3n) is 2.73. The third-order valence-corrected chi connectivity index (χ3v) is 3.08. The molecule has 0 aliphatic rings. The van der Waals surface area contributed by atoms with Gasteiger partial charge in [-0.2, -0.15) is 5.26 Å². The van der Waals surface area contributed by atoms with E-state index in [0.717, 1.165) is 0 Å². The highest BCUT2D eigenvalue weighted by atomic mass is 35.5. The number of carbonyl (C=O) groups excluding carboxylic acids is 1. The summed E-state index contributed by atoms with van der Waals surface area (Å²) >= 11 is 5.86. The first-order valence-electron chi connectivity index (χ1n) is 6.07. The Morgan fingerprint density at radius 1 is 1.24 bits per heavy atom. The first-order chi connectivity index (χ1) is 10.1. The van der Waals surface area contributed by atoms with E-state index in [1.165, 1.54) is 18.2 Å². The van der Waals surface area contributed by atoms with Crippen molar-refractivity contribution in [1.29, 1.82) is 5.26 Å². The van der Waals surface area contributed by atoms with Crippen LogP contribution < -0.4 is 10.6 Å². The van der Waals surface area contributed by atoms with Crippen molar-refractivity contribution in [1.82, 2.24) is 5.32 Å². The molecule has 2 aromatic carbocycles. The Hall–Kier alpha value is -2.58. The largest absolute Gasteiger partial charge is 0.334 e. The average molecular weight is 304 g/mol. The number of halogens is 2. The summed E-state index contributed by atoms with van der Waals surface area (Å²) in [5, 5.41) is 14.2. The molecular formula is C15H11ClFN3O. The van der Waals surface area contributed by atoms with Crippen LogP contribution in [0.3, 0.4) is 0 Å². The molecule has 0 atom stereocenters. The zero-order valence-electron chi connectivity index (χ0n) is 10.9. The maximum absolute atomic E-state index is 12.9. The molecule has 0 heterocycles. The minimum absolute atomic E-state index is 0.182. The molecule has 2 aromatic rings. The van der Waals surface area contributed by atoms with Crippen LogP contribution in [0.25, 0.3) is 0 Å². The quantitative estimate of drug-likeness (QED) is 0.908. The van der Waals surface area contributed by atoms with E-state index in [2.05, 4.69) is 10.6 Å². The van der Waals surface area contributed by atoms with E-state index in [1.54, 1.807) is 24.3 Å². The van der Waals surface area contributed by atoms with Crippen LogP contribution in [-0.4, -0.2) is 6.03 Å². The lowest BCUT2D eigenvalue weighted by Gasteiger charge is -2.09. The first-order valence-corrected chi connectivity index (χ1v) is 6.45. The standard InChI is InChI=1S/C15H11ClFN3O/c16-14-7-12(17)4-3-11(14)9-19-15(21)20-13-5-1-10(8-18)2-6-13/h1-7H,9H2,(H2,19,20,21). The Balaban J connectivity index is 1.91. The summed E-state index contributed by atoms with van der Waals surface area (Å²) in [6.07, 6.45) is 0. The number of nitrogens with zero attached hydrogens (tertiary/aromatic N) is 1. The number of anilines is 1. The van der Waals surface area contributed by atoms with Gasteiger partial charge in [0.25, 0.3) is 0 Å². The van der Waals surface area contributed by atoms with Gasteiger partial charge in [0.1, 0.15) is 5.82 Å². The maximum Gasteiger partial charge on any atom is 0.319 e. The van der Waals surface area contributed by atoms with Crippen molar-refractivity contribution < 1.29 is 9.18 Å². The smallest absolute Gasteiger partial charge is 0.319 e. The average Bonchev–Trinajstić information content (AvgIpc) is 2.47. The van der Waals surface area contributed by atoms with Gasteiger partial charge in [0.2, 0.25) is 0 Å². The van der Waals surface area contributed by atoms with Crippen molar-refractivity contribution in [3.05, 3.63) is 64.4 Å². The molecule has 2 N–H and O–H groups in total. The first kappa shape index (κ1) is 14.8. The predicted octanol–water partition coefficient (Wildman–Crippen LogP) is 3.67. The number of hydrogen-bond acceptors (Lipinski definition) is 2. The molecule has 0 saturated heterocycles. The molecule has 0 unspecified atom stereocenters. The summed E-state index contributed by atoms with van der Waals surface area (Å²) in [6, 6.07) is 12.0. The molecule has 0 aliphatic heterocycles. The van der Waals surface area contributed by atoms with Gasteiger partial charge in [0.15, 0.2) is 0 Å². The van der Waals surface area contributed by atoms with Crippen LogP contribution in [0, 0.1) is 17.1 Å². The van der Waals surface area contributed by atoms with Gasteiger partial charge < -0.3 is 10.6 Å². The number of benzene rings is 2. The summed E-state index contributed by atoms with van der Waals surface area (Å²) < 4.78 is 12.9. The van der Waals surface area contributed by atoms with Crippen molar-refractivity contribution in [2.75, 3.05) is 5.32 Å². The summed E-state index contributed by atoms with van der Waals surface area (Å²) in [7, 11) is 0. The lowest BCUT2D eigenvalue weighted by molar-refractivity contribution is 0.251. The Bertz CT molecular complexity index is 695. The van der Waals surface area contributed by atoms with Gasteiger partial charge in [-0.05, 0) is 42.0 Å². The fourth-order valence-corrected chi connectivity index (χ4v) is 1.88. The fraction of sp³-hybridized carbons (Fsp3) is 0.0667. The molecular weight excluding hydrogens is 293 g/mol.